The number of aryl methyl sites for hydroxylation is 1. The molecule has 24 heavy (non-hydrogen) atoms. The highest BCUT2D eigenvalue weighted by Gasteiger charge is 2.18. The lowest BCUT2D eigenvalue weighted by atomic mass is 10.1. The lowest BCUT2D eigenvalue weighted by Crippen LogP contribution is -2.39. The van der Waals surface area contributed by atoms with E-state index in [0.29, 0.717) is 17.9 Å². The van der Waals surface area contributed by atoms with Crippen LogP contribution >= 0.6 is 0 Å². The zero-order chi connectivity index (χ0) is 17.6. The minimum atomic E-state index is -3.45. The molecule has 2 rings (SSSR count). The summed E-state index contributed by atoms with van der Waals surface area (Å²) >= 11 is 0. The monoisotopic (exact) mass is 355 g/mol. The number of carbonyl (C=O) groups excluding carboxylic acids is 1. The highest BCUT2D eigenvalue weighted by atomic mass is 32.2. The summed E-state index contributed by atoms with van der Waals surface area (Å²) < 4.78 is 32.0. The molecule has 1 amide bonds. The van der Waals surface area contributed by atoms with Crippen molar-refractivity contribution in [1.82, 2.24) is 10.0 Å². The summed E-state index contributed by atoms with van der Waals surface area (Å²) in [5, 5.41) is 2.62. The van der Waals surface area contributed by atoms with Crippen LogP contribution in [0.5, 0.6) is 0 Å². The number of amides is 1. The van der Waals surface area contributed by atoms with Crippen LogP contribution < -0.4 is 15.8 Å². The molecule has 0 aromatic heterocycles. The Labute approximate surface area is 143 Å². The van der Waals surface area contributed by atoms with Gasteiger partial charge < -0.3 is 15.8 Å². The maximum absolute atomic E-state index is 12.1. The second-order valence-electron chi connectivity index (χ2n) is 5.99. The molecule has 4 N–H and O–H groups in total. The van der Waals surface area contributed by atoms with Crippen LogP contribution in [0, 0.1) is 6.92 Å². The van der Waals surface area contributed by atoms with Gasteiger partial charge in [0.25, 0.3) is 5.91 Å². The van der Waals surface area contributed by atoms with Crippen molar-refractivity contribution in [3.8, 4) is 0 Å². The second kappa shape index (κ2) is 8.46. The van der Waals surface area contributed by atoms with Crippen molar-refractivity contribution < 1.29 is 17.9 Å². The maximum Gasteiger partial charge on any atom is 0.251 e. The van der Waals surface area contributed by atoms with Gasteiger partial charge in [-0.2, -0.15) is 0 Å². The van der Waals surface area contributed by atoms with E-state index in [1.807, 2.05) is 0 Å². The lowest BCUT2D eigenvalue weighted by Gasteiger charge is -2.22. The molecule has 0 spiro atoms. The van der Waals surface area contributed by atoms with E-state index in [1.165, 1.54) is 0 Å². The zero-order valence-electron chi connectivity index (χ0n) is 13.9. The van der Waals surface area contributed by atoms with Gasteiger partial charge in [-0.25, -0.2) is 13.1 Å². The summed E-state index contributed by atoms with van der Waals surface area (Å²) in [4.78, 5) is 12.1. The Kier molecular flexibility index (Phi) is 6.59. The third-order valence-electron chi connectivity index (χ3n) is 3.97. The smallest absolute Gasteiger partial charge is 0.251 e. The van der Waals surface area contributed by atoms with Gasteiger partial charge in [-0.05, 0) is 43.9 Å². The van der Waals surface area contributed by atoms with E-state index in [-0.39, 0.29) is 30.9 Å². The van der Waals surface area contributed by atoms with Crippen molar-refractivity contribution >= 4 is 21.6 Å². The summed E-state index contributed by atoms with van der Waals surface area (Å²) in [6.45, 7) is 2.80. The first-order valence-corrected chi connectivity index (χ1v) is 9.76. The quantitative estimate of drug-likeness (QED) is 0.627. The molecule has 1 fully saturated rings. The Morgan fingerprint density at radius 2 is 2.17 bits per heavy atom. The molecule has 1 aromatic rings. The summed E-state index contributed by atoms with van der Waals surface area (Å²) in [5.41, 5.74) is 7.41. The Morgan fingerprint density at radius 3 is 2.88 bits per heavy atom. The average molecular weight is 355 g/mol. The molecule has 1 aliphatic rings. The molecule has 134 valence electrons. The first-order chi connectivity index (χ1) is 11.4. The number of sulfonamides is 1. The summed E-state index contributed by atoms with van der Waals surface area (Å²) in [6.07, 6.45) is 2.90. The molecule has 1 aromatic carbocycles. The SMILES string of the molecule is Cc1ccc(N)cc1C(=O)NCCS(=O)(=O)NCC1CCCCO1. The van der Waals surface area contributed by atoms with Crippen molar-refractivity contribution in [2.45, 2.75) is 32.3 Å². The third kappa shape index (κ3) is 5.77. The number of nitrogens with one attached hydrogen (secondary N) is 2. The van der Waals surface area contributed by atoms with E-state index in [4.69, 9.17) is 10.5 Å². The normalized spacial score (nSPS) is 18.3. The van der Waals surface area contributed by atoms with Crippen molar-refractivity contribution in [1.29, 1.82) is 0 Å². The van der Waals surface area contributed by atoms with Crippen LogP contribution in [0.4, 0.5) is 5.69 Å². The third-order valence-corrected chi connectivity index (χ3v) is 5.32. The van der Waals surface area contributed by atoms with Crippen LogP contribution in [-0.2, 0) is 14.8 Å². The number of anilines is 1. The molecule has 1 unspecified atom stereocenters. The zero-order valence-corrected chi connectivity index (χ0v) is 14.7. The largest absolute Gasteiger partial charge is 0.399 e. The van der Waals surface area contributed by atoms with Gasteiger partial charge in [0.15, 0.2) is 0 Å². The Hall–Kier alpha value is -1.64. The van der Waals surface area contributed by atoms with Crippen LogP contribution in [0.25, 0.3) is 0 Å². The number of benzene rings is 1. The molecule has 0 radical (unpaired) electrons. The summed E-state index contributed by atoms with van der Waals surface area (Å²) in [7, 11) is -3.45. The Morgan fingerprint density at radius 1 is 1.38 bits per heavy atom. The standard InChI is InChI=1S/C16H25N3O4S/c1-12-5-6-13(17)10-15(12)16(20)18-7-9-24(21,22)19-11-14-4-2-3-8-23-14/h5-6,10,14,19H,2-4,7-9,11,17H2,1H3,(H,18,20). The van der Waals surface area contributed by atoms with Gasteiger partial charge in [0.1, 0.15) is 0 Å². The number of carbonyl (C=O) groups is 1. The summed E-state index contributed by atoms with van der Waals surface area (Å²) in [5.74, 6) is -0.502. The van der Waals surface area contributed by atoms with E-state index in [9.17, 15) is 13.2 Å². The van der Waals surface area contributed by atoms with Gasteiger partial charge in [0.05, 0.1) is 11.9 Å². The van der Waals surface area contributed by atoms with E-state index in [2.05, 4.69) is 10.0 Å². The fraction of sp³-hybridized carbons (Fsp3) is 0.562. The fourth-order valence-corrected chi connectivity index (χ4v) is 3.49. The number of rotatable bonds is 7. The first-order valence-electron chi connectivity index (χ1n) is 8.10. The summed E-state index contributed by atoms with van der Waals surface area (Å²) in [6, 6.07) is 5.05. The molecule has 1 heterocycles. The lowest BCUT2D eigenvalue weighted by molar-refractivity contribution is 0.0200. The molecule has 0 aliphatic carbocycles. The van der Waals surface area contributed by atoms with Crippen LogP contribution in [0.2, 0.25) is 0 Å². The minimum Gasteiger partial charge on any atom is -0.399 e. The van der Waals surface area contributed by atoms with Crippen LogP contribution in [0.3, 0.4) is 0 Å². The van der Waals surface area contributed by atoms with Crippen LogP contribution in [0.1, 0.15) is 35.2 Å². The first kappa shape index (κ1) is 18.7. The van der Waals surface area contributed by atoms with Crippen molar-refractivity contribution in [2.24, 2.45) is 0 Å². The predicted molar refractivity (Wildman–Crippen MR) is 93.3 cm³/mol. The molecular weight excluding hydrogens is 330 g/mol. The van der Waals surface area contributed by atoms with Crippen molar-refractivity contribution in [2.75, 3.05) is 31.2 Å². The van der Waals surface area contributed by atoms with Gasteiger partial charge in [-0.3, -0.25) is 4.79 Å². The molecule has 0 bridgehead atoms. The molecule has 1 atom stereocenters. The van der Waals surface area contributed by atoms with Crippen molar-refractivity contribution in [3.63, 3.8) is 0 Å². The molecule has 1 saturated heterocycles. The highest BCUT2D eigenvalue weighted by molar-refractivity contribution is 7.89. The molecule has 7 nitrogen and oxygen atoms in total. The fourth-order valence-electron chi connectivity index (χ4n) is 2.54. The van der Waals surface area contributed by atoms with Crippen LogP contribution in [-0.4, -0.2) is 45.9 Å². The van der Waals surface area contributed by atoms with Gasteiger partial charge >= 0.3 is 0 Å². The van der Waals surface area contributed by atoms with Crippen molar-refractivity contribution in [3.05, 3.63) is 29.3 Å². The number of ether oxygens (including phenoxy) is 1. The van der Waals surface area contributed by atoms with Gasteiger partial charge in [0.2, 0.25) is 10.0 Å². The number of hydrogen-bond acceptors (Lipinski definition) is 5. The van der Waals surface area contributed by atoms with E-state index >= 15 is 0 Å². The van der Waals surface area contributed by atoms with Crippen LogP contribution in [0.15, 0.2) is 18.2 Å². The molecule has 1 aliphatic heterocycles. The average Bonchev–Trinajstić information content (AvgIpc) is 2.56. The number of nitrogen functional groups attached to an aromatic ring is 1. The van der Waals surface area contributed by atoms with Gasteiger partial charge in [-0.1, -0.05) is 6.07 Å². The highest BCUT2D eigenvalue weighted by Crippen LogP contribution is 2.13. The minimum absolute atomic E-state index is 0.0356. The predicted octanol–water partition coefficient (Wildman–Crippen LogP) is 0.796. The van der Waals surface area contributed by atoms with E-state index < -0.39 is 10.0 Å². The number of nitrogens with two attached hydrogens (primary N) is 1. The second-order valence-corrected chi connectivity index (χ2v) is 7.91. The number of hydrogen-bond donors (Lipinski definition) is 3. The van der Waals surface area contributed by atoms with Gasteiger partial charge in [-0.15, -0.1) is 0 Å². The molecular formula is C16H25N3O4S. The topological polar surface area (TPSA) is 111 Å². The molecule has 8 heteroatoms. The maximum atomic E-state index is 12.1. The van der Waals surface area contributed by atoms with E-state index in [0.717, 1.165) is 24.8 Å². The Balaban J connectivity index is 1.77. The Bertz CT molecular complexity index is 670. The molecule has 0 saturated carbocycles. The van der Waals surface area contributed by atoms with Gasteiger partial charge in [0, 0.05) is 30.9 Å². The van der Waals surface area contributed by atoms with E-state index in [1.54, 1.807) is 25.1 Å².